The average molecular weight is 407 g/mol. The maximum atomic E-state index is 12.3. The molecular weight excluding hydrogens is 372 g/mol. The van der Waals surface area contributed by atoms with Gasteiger partial charge in [0.1, 0.15) is 0 Å². The lowest BCUT2D eigenvalue weighted by molar-refractivity contribution is -0.120. The lowest BCUT2D eigenvalue weighted by Crippen LogP contribution is -2.51. The predicted molar refractivity (Wildman–Crippen MR) is 122 cm³/mol. The van der Waals surface area contributed by atoms with Gasteiger partial charge in [0, 0.05) is 11.1 Å². The molecule has 0 saturated heterocycles. The van der Waals surface area contributed by atoms with Crippen LogP contribution in [0.5, 0.6) is 0 Å². The molecule has 7 heteroatoms. The van der Waals surface area contributed by atoms with Crippen molar-refractivity contribution in [1.29, 1.82) is 0 Å². The molecule has 6 nitrogen and oxygen atoms in total. The van der Waals surface area contributed by atoms with Crippen LogP contribution in [0, 0.1) is 0 Å². The van der Waals surface area contributed by atoms with E-state index in [0.717, 1.165) is 5.12 Å². The third-order valence-corrected chi connectivity index (χ3v) is 4.11. The van der Waals surface area contributed by atoms with Crippen LogP contribution in [0.25, 0.3) is 0 Å². The Labute approximate surface area is 172 Å². The monoisotopic (exact) mass is 406 g/mol. The summed E-state index contributed by atoms with van der Waals surface area (Å²) in [5.41, 5.74) is 3.50. The molecule has 1 unspecified atom stereocenters. The summed E-state index contributed by atoms with van der Waals surface area (Å²) < 4.78 is 16.0. The summed E-state index contributed by atoms with van der Waals surface area (Å²) in [6.45, 7) is 17.0. The zero-order valence-corrected chi connectivity index (χ0v) is 18.8. The number of allylic oxidation sites excluding steroid dienone is 7. The zero-order chi connectivity index (χ0) is 22.1. The van der Waals surface area contributed by atoms with Crippen molar-refractivity contribution in [2.75, 3.05) is 0 Å². The van der Waals surface area contributed by atoms with Gasteiger partial charge >= 0.3 is 0 Å². The Morgan fingerprint density at radius 1 is 1.18 bits per heavy atom. The Morgan fingerprint density at radius 2 is 1.79 bits per heavy atom. The molecular formula is C21H34N4O2S. The number of carbonyl (C=O) groups is 1. The van der Waals surface area contributed by atoms with Gasteiger partial charge in [-0.1, -0.05) is 76.8 Å². The molecule has 1 heterocycles. The minimum absolute atomic E-state index is 0.209. The number of nitrogens with two attached hydrogens (primary N) is 1. The van der Waals surface area contributed by atoms with E-state index in [0.29, 0.717) is 16.1 Å². The average Bonchev–Trinajstić information content (AvgIpc) is 3.03. The van der Waals surface area contributed by atoms with Crippen molar-refractivity contribution < 1.29 is 9.00 Å². The Hall–Kier alpha value is -2.51. The van der Waals surface area contributed by atoms with Gasteiger partial charge in [-0.25, -0.2) is 15.5 Å². The van der Waals surface area contributed by atoms with Crippen LogP contribution in [0.4, 0.5) is 0 Å². The molecule has 0 radical (unpaired) electrons. The number of hydrazine groups is 2. The molecule has 0 fully saturated rings. The van der Waals surface area contributed by atoms with Crippen molar-refractivity contribution in [3.8, 4) is 0 Å². The number of amides is 1. The van der Waals surface area contributed by atoms with Crippen molar-refractivity contribution in [2.45, 2.75) is 48.5 Å². The summed E-state index contributed by atoms with van der Waals surface area (Å²) in [5, 5.41) is 0.971. The Balaban J connectivity index is 0. The molecule has 1 rings (SSSR count). The van der Waals surface area contributed by atoms with Crippen LogP contribution in [0.3, 0.4) is 0 Å². The topological polar surface area (TPSA) is 87.8 Å². The normalized spacial score (nSPS) is 19.1. The summed E-state index contributed by atoms with van der Waals surface area (Å²) in [4.78, 5) is 12.9. The standard InChI is InChI=1S/C17H22N4O2S.2C2H6/c1-5-9-12-13(10-6-2)17(22)19-21(18)16-14(11-7-3)15(8-4)24(23)20-16;2*1-2/h5-12H,3,18H2,1-2,4H3,(H,19,22);2*1-2H3/b9-5-,10-6-,13-12+,14-11+,15-8+;;. The maximum Gasteiger partial charge on any atom is 0.271 e. The van der Waals surface area contributed by atoms with E-state index in [1.54, 1.807) is 49.5 Å². The van der Waals surface area contributed by atoms with Gasteiger partial charge in [-0.15, -0.1) is 0 Å². The minimum Gasteiger partial charge on any atom is -0.267 e. The van der Waals surface area contributed by atoms with Crippen molar-refractivity contribution >= 4 is 22.7 Å². The third-order valence-electron chi connectivity index (χ3n) is 2.94. The molecule has 1 aliphatic rings. The van der Waals surface area contributed by atoms with Crippen molar-refractivity contribution in [3.63, 3.8) is 0 Å². The lowest BCUT2D eigenvalue weighted by atomic mass is 10.2. The number of nitrogens with zero attached hydrogens (tertiary/aromatic N) is 2. The molecule has 156 valence electrons. The van der Waals surface area contributed by atoms with Gasteiger partial charge in [-0.05, 0) is 26.8 Å². The van der Waals surface area contributed by atoms with Gasteiger partial charge < -0.3 is 0 Å². The lowest BCUT2D eigenvalue weighted by Gasteiger charge is -2.19. The Morgan fingerprint density at radius 3 is 2.25 bits per heavy atom. The summed E-state index contributed by atoms with van der Waals surface area (Å²) >= 11 is 0. The molecule has 0 aliphatic carbocycles. The first-order chi connectivity index (χ1) is 13.5. The largest absolute Gasteiger partial charge is 0.271 e. The highest BCUT2D eigenvalue weighted by atomic mass is 32.2. The molecule has 3 N–H and O–H groups in total. The van der Waals surface area contributed by atoms with Crippen LogP contribution in [-0.4, -0.2) is 21.1 Å². The third kappa shape index (κ3) is 8.45. The smallest absolute Gasteiger partial charge is 0.267 e. The number of rotatable bonds is 4. The maximum absolute atomic E-state index is 12.3. The number of carbonyl (C=O) groups excluding carboxylic acids is 1. The second-order valence-electron chi connectivity index (χ2n) is 4.59. The van der Waals surface area contributed by atoms with E-state index in [-0.39, 0.29) is 5.84 Å². The summed E-state index contributed by atoms with van der Waals surface area (Å²) in [5.74, 6) is 5.71. The molecule has 1 atom stereocenters. The van der Waals surface area contributed by atoms with Crippen LogP contribution >= 0.6 is 0 Å². The second kappa shape index (κ2) is 16.6. The number of amidine groups is 1. The summed E-state index contributed by atoms with van der Waals surface area (Å²) in [6, 6.07) is 0. The highest BCUT2D eigenvalue weighted by molar-refractivity contribution is 7.88. The highest BCUT2D eigenvalue weighted by Gasteiger charge is 2.29. The van der Waals surface area contributed by atoms with E-state index in [1.165, 1.54) is 0 Å². The SMILES string of the molecule is C=C/C=C1/C(N(N)NC(=O)C(/C=C\C)=C/C=C\C)=NS(=O)/C1=C/C.CC.CC. The molecule has 0 aromatic rings. The predicted octanol–water partition coefficient (Wildman–Crippen LogP) is 4.42. The molecule has 0 saturated carbocycles. The van der Waals surface area contributed by atoms with Crippen LogP contribution in [0.2, 0.25) is 0 Å². The Bertz CT molecular complexity index is 714. The highest BCUT2D eigenvalue weighted by Crippen LogP contribution is 2.25. The summed E-state index contributed by atoms with van der Waals surface area (Å²) in [7, 11) is -1.56. The first-order valence-electron chi connectivity index (χ1n) is 9.31. The Kier molecular flexibility index (Phi) is 16.5. The first-order valence-corrected chi connectivity index (χ1v) is 10.4. The van der Waals surface area contributed by atoms with Crippen LogP contribution in [0.15, 0.2) is 75.6 Å². The quantitative estimate of drug-likeness (QED) is 0.313. The van der Waals surface area contributed by atoms with E-state index in [9.17, 15) is 9.00 Å². The van der Waals surface area contributed by atoms with Gasteiger partial charge in [0.2, 0.25) is 0 Å². The molecule has 28 heavy (non-hydrogen) atoms. The van der Waals surface area contributed by atoms with Gasteiger partial charge in [-0.3, -0.25) is 4.79 Å². The van der Waals surface area contributed by atoms with E-state index < -0.39 is 16.9 Å². The van der Waals surface area contributed by atoms with E-state index in [1.807, 2.05) is 47.6 Å². The number of hydrogen-bond donors (Lipinski definition) is 2. The van der Waals surface area contributed by atoms with Gasteiger partial charge in [-0.2, -0.15) is 9.52 Å². The van der Waals surface area contributed by atoms with Gasteiger partial charge in [0.15, 0.2) is 16.8 Å². The minimum atomic E-state index is -1.56. The second-order valence-corrected chi connectivity index (χ2v) is 5.71. The molecule has 0 spiro atoms. The first kappa shape index (κ1) is 27.7. The molecule has 1 amide bonds. The van der Waals surface area contributed by atoms with Crippen LogP contribution in [-0.2, 0) is 15.8 Å². The summed E-state index contributed by atoms with van der Waals surface area (Å²) in [6.07, 6.45) is 13.5. The van der Waals surface area contributed by atoms with Crippen LogP contribution in [0.1, 0.15) is 48.5 Å². The van der Waals surface area contributed by atoms with Crippen molar-refractivity contribution in [2.24, 2.45) is 10.2 Å². The van der Waals surface area contributed by atoms with E-state index in [2.05, 4.69) is 16.4 Å². The van der Waals surface area contributed by atoms with E-state index >= 15 is 0 Å². The fourth-order valence-electron chi connectivity index (χ4n) is 1.90. The zero-order valence-electron chi connectivity index (χ0n) is 18.0. The van der Waals surface area contributed by atoms with Gasteiger partial charge in [0.05, 0.1) is 4.91 Å². The fourth-order valence-corrected chi connectivity index (χ4v) is 2.89. The molecule has 1 aliphatic heterocycles. The van der Waals surface area contributed by atoms with Crippen LogP contribution < -0.4 is 11.3 Å². The number of nitrogens with one attached hydrogen (secondary N) is 1. The van der Waals surface area contributed by atoms with Crippen molar-refractivity contribution in [1.82, 2.24) is 10.5 Å². The molecule has 0 bridgehead atoms. The number of hydrogen-bond acceptors (Lipinski definition) is 4. The van der Waals surface area contributed by atoms with E-state index in [4.69, 9.17) is 5.84 Å². The molecule has 0 aromatic heterocycles. The van der Waals surface area contributed by atoms with Gasteiger partial charge in [0.25, 0.3) is 5.91 Å². The fraction of sp³-hybridized carbons (Fsp3) is 0.333. The molecule has 0 aromatic carbocycles. The van der Waals surface area contributed by atoms with Crippen molar-refractivity contribution in [3.05, 3.63) is 71.2 Å².